The van der Waals surface area contributed by atoms with Crippen molar-refractivity contribution in [2.24, 2.45) is 0 Å². The van der Waals surface area contributed by atoms with Crippen molar-refractivity contribution < 1.29 is 18.4 Å². The molecule has 0 spiro atoms. The van der Waals surface area contributed by atoms with Gasteiger partial charge in [0.1, 0.15) is 11.6 Å². The van der Waals surface area contributed by atoms with E-state index in [9.17, 15) is 14.0 Å². The monoisotopic (exact) mass is 245 g/mol. The number of nitrogens with one attached hydrogen (secondary N) is 1. The van der Waals surface area contributed by atoms with Gasteiger partial charge in [-0.25, -0.2) is 4.39 Å². The fourth-order valence-electron chi connectivity index (χ4n) is 2.07. The van der Waals surface area contributed by atoms with Crippen LogP contribution in [-0.4, -0.2) is 12.2 Å². The van der Waals surface area contributed by atoms with Crippen LogP contribution in [0.1, 0.15) is 26.5 Å². The number of rotatable bonds is 2. The van der Waals surface area contributed by atoms with Gasteiger partial charge in [0.15, 0.2) is 12.0 Å². The Kier molecular flexibility index (Phi) is 2.26. The molecule has 1 N–H and O–H groups in total. The topological polar surface area (TPSA) is 59.3 Å². The molecule has 0 fully saturated rings. The molecule has 5 heteroatoms. The molecule has 2 aromatic rings. The van der Waals surface area contributed by atoms with Crippen molar-refractivity contribution in [1.29, 1.82) is 0 Å². The molecule has 1 aliphatic heterocycles. The Morgan fingerprint density at radius 3 is 2.78 bits per heavy atom. The number of carbonyl (C=O) groups is 2. The largest absolute Gasteiger partial charge is 0.453 e. The smallest absolute Gasteiger partial charge is 0.252 e. The Morgan fingerprint density at radius 1 is 1.28 bits per heavy atom. The lowest BCUT2D eigenvalue weighted by Gasteiger charge is -2.04. The molecule has 1 aliphatic rings. The van der Waals surface area contributed by atoms with Crippen molar-refractivity contribution in [3.63, 3.8) is 0 Å². The third-order valence-electron chi connectivity index (χ3n) is 2.89. The second-order valence-corrected chi connectivity index (χ2v) is 3.98. The molecule has 1 amide bonds. The SMILES string of the molecule is O=Cc1ccc(-c2cc(F)cc3c2CNC3=O)o1. The van der Waals surface area contributed by atoms with E-state index in [0.717, 1.165) is 0 Å². The van der Waals surface area contributed by atoms with Gasteiger partial charge in [-0.15, -0.1) is 0 Å². The first kappa shape index (κ1) is 10.7. The highest BCUT2D eigenvalue weighted by molar-refractivity contribution is 6.00. The zero-order valence-corrected chi connectivity index (χ0v) is 9.20. The Morgan fingerprint density at radius 2 is 2.06 bits per heavy atom. The zero-order valence-electron chi connectivity index (χ0n) is 9.20. The molecule has 1 aromatic carbocycles. The van der Waals surface area contributed by atoms with E-state index in [4.69, 9.17) is 4.42 Å². The summed E-state index contributed by atoms with van der Waals surface area (Å²) in [6.45, 7) is 0.334. The van der Waals surface area contributed by atoms with Gasteiger partial charge in [-0.2, -0.15) is 0 Å². The van der Waals surface area contributed by atoms with E-state index >= 15 is 0 Å². The molecule has 0 aliphatic carbocycles. The minimum Gasteiger partial charge on any atom is -0.453 e. The van der Waals surface area contributed by atoms with Crippen molar-refractivity contribution in [2.45, 2.75) is 6.54 Å². The molecular weight excluding hydrogens is 237 g/mol. The lowest BCUT2D eigenvalue weighted by molar-refractivity contribution is 0.0965. The quantitative estimate of drug-likeness (QED) is 0.824. The summed E-state index contributed by atoms with van der Waals surface area (Å²) in [5, 5.41) is 2.63. The van der Waals surface area contributed by atoms with Crippen molar-refractivity contribution in [2.75, 3.05) is 0 Å². The minimum atomic E-state index is -0.509. The summed E-state index contributed by atoms with van der Waals surface area (Å²) in [5.41, 5.74) is 1.50. The molecule has 18 heavy (non-hydrogen) atoms. The highest BCUT2D eigenvalue weighted by Crippen LogP contribution is 2.31. The third kappa shape index (κ3) is 1.52. The highest BCUT2D eigenvalue weighted by Gasteiger charge is 2.24. The second-order valence-electron chi connectivity index (χ2n) is 3.98. The van der Waals surface area contributed by atoms with Gasteiger partial charge in [0.05, 0.1) is 0 Å². The fraction of sp³-hybridized carbons (Fsp3) is 0.0769. The second kappa shape index (κ2) is 3.80. The van der Waals surface area contributed by atoms with E-state index in [1.54, 1.807) is 6.07 Å². The predicted octanol–water partition coefficient (Wildman–Crippen LogP) is 2.14. The number of amides is 1. The van der Waals surface area contributed by atoms with Crippen molar-refractivity contribution in [3.05, 3.63) is 47.0 Å². The summed E-state index contributed by atoms with van der Waals surface area (Å²) in [5.74, 6) is -0.262. The third-order valence-corrected chi connectivity index (χ3v) is 2.89. The minimum absolute atomic E-state index is 0.167. The number of furan rings is 1. The number of benzene rings is 1. The number of hydrogen-bond acceptors (Lipinski definition) is 3. The number of halogens is 1. The molecule has 0 saturated carbocycles. The molecule has 0 saturated heterocycles. The van der Waals surface area contributed by atoms with Gasteiger partial charge in [0.2, 0.25) is 0 Å². The predicted molar refractivity (Wildman–Crippen MR) is 60.7 cm³/mol. The Bertz CT molecular complexity index is 660. The summed E-state index contributed by atoms with van der Waals surface area (Å²) < 4.78 is 18.7. The van der Waals surface area contributed by atoms with E-state index in [-0.39, 0.29) is 11.7 Å². The van der Waals surface area contributed by atoms with Gasteiger partial charge in [-0.3, -0.25) is 9.59 Å². The summed E-state index contributed by atoms with van der Waals surface area (Å²) in [6, 6.07) is 5.59. The van der Waals surface area contributed by atoms with Gasteiger partial charge >= 0.3 is 0 Å². The van der Waals surface area contributed by atoms with Gasteiger partial charge < -0.3 is 9.73 Å². The molecular formula is C13H8FNO3. The first-order valence-electron chi connectivity index (χ1n) is 5.35. The normalized spacial score (nSPS) is 13.3. The average Bonchev–Trinajstić information content (AvgIpc) is 2.96. The molecule has 3 rings (SSSR count). The first-order chi connectivity index (χ1) is 8.69. The van der Waals surface area contributed by atoms with Gasteiger partial charge in [0, 0.05) is 17.7 Å². The molecule has 90 valence electrons. The van der Waals surface area contributed by atoms with E-state index in [1.165, 1.54) is 18.2 Å². The van der Waals surface area contributed by atoms with E-state index in [0.29, 0.717) is 35.3 Å². The zero-order chi connectivity index (χ0) is 12.7. The van der Waals surface area contributed by atoms with E-state index in [1.807, 2.05) is 0 Å². The lowest BCUT2D eigenvalue weighted by atomic mass is 10.0. The van der Waals surface area contributed by atoms with Crippen LogP contribution >= 0.6 is 0 Å². The maximum atomic E-state index is 13.5. The van der Waals surface area contributed by atoms with Crippen LogP contribution in [0.25, 0.3) is 11.3 Å². The summed E-state index contributed by atoms with van der Waals surface area (Å²) in [7, 11) is 0. The molecule has 0 radical (unpaired) electrons. The summed E-state index contributed by atoms with van der Waals surface area (Å²) in [4.78, 5) is 22.1. The van der Waals surface area contributed by atoms with Gasteiger partial charge in [-0.1, -0.05) is 0 Å². The van der Waals surface area contributed by atoms with Crippen LogP contribution in [0, 0.1) is 5.82 Å². The lowest BCUT2D eigenvalue weighted by Crippen LogP contribution is -2.12. The Hall–Kier alpha value is -2.43. The first-order valence-corrected chi connectivity index (χ1v) is 5.35. The molecule has 0 atom stereocenters. The summed E-state index contributed by atoms with van der Waals surface area (Å²) >= 11 is 0. The Balaban J connectivity index is 2.20. The molecule has 0 bridgehead atoms. The number of carbonyl (C=O) groups excluding carboxylic acids is 2. The number of fused-ring (bicyclic) bond motifs is 1. The van der Waals surface area contributed by atoms with E-state index < -0.39 is 5.82 Å². The van der Waals surface area contributed by atoms with Crippen LogP contribution < -0.4 is 5.32 Å². The van der Waals surface area contributed by atoms with Crippen molar-refractivity contribution >= 4 is 12.2 Å². The molecule has 0 unspecified atom stereocenters. The van der Waals surface area contributed by atoms with Gasteiger partial charge in [-0.05, 0) is 29.8 Å². The van der Waals surface area contributed by atoms with E-state index in [2.05, 4.69) is 5.32 Å². The Labute approximate surface area is 101 Å². The average molecular weight is 245 g/mol. The van der Waals surface area contributed by atoms with Crippen LogP contribution in [0.4, 0.5) is 4.39 Å². The fourth-order valence-corrected chi connectivity index (χ4v) is 2.07. The number of aldehydes is 1. The molecule has 1 aromatic heterocycles. The number of hydrogen-bond donors (Lipinski definition) is 1. The standard InChI is InChI=1S/C13H8FNO3/c14-7-3-9(12-2-1-8(6-16)18-12)11-5-15-13(17)10(11)4-7/h1-4,6H,5H2,(H,15,17). The van der Waals surface area contributed by atoms with Crippen molar-refractivity contribution in [1.82, 2.24) is 5.32 Å². The van der Waals surface area contributed by atoms with Crippen molar-refractivity contribution in [3.8, 4) is 11.3 Å². The van der Waals surface area contributed by atoms with Crippen LogP contribution in [-0.2, 0) is 6.54 Å². The van der Waals surface area contributed by atoms with Crippen LogP contribution in [0.5, 0.6) is 0 Å². The summed E-state index contributed by atoms with van der Waals surface area (Å²) in [6.07, 6.45) is 0.576. The molecule has 4 nitrogen and oxygen atoms in total. The van der Waals surface area contributed by atoms with Crippen LogP contribution in [0.3, 0.4) is 0 Å². The molecule has 2 heterocycles. The van der Waals surface area contributed by atoms with Crippen LogP contribution in [0.15, 0.2) is 28.7 Å². The van der Waals surface area contributed by atoms with Gasteiger partial charge in [0.25, 0.3) is 5.91 Å². The highest BCUT2D eigenvalue weighted by atomic mass is 19.1. The maximum absolute atomic E-state index is 13.5. The maximum Gasteiger partial charge on any atom is 0.252 e. The van der Waals surface area contributed by atoms with Crippen LogP contribution in [0.2, 0.25) is 0 Å².